The van der Waals surface area contributed by atoms with Gasteiger partial charge in [-0.15, -0.1) is 0 Å². The number of aromatic nitrogens is 2. The van der Waals surface area contributed by atoms with Crippen LogP contribution in [0.5, 0.6) is 0 Å². The number of hydrogen-bond acceptors (Lipinski definition) is 5. The number of aliphatic hydroxyl groups is 1. The second kappa shape index (κ2) is 12.7. The molecule has 0 bridgehead atoms. The van der Waals surface area contributed by atoms with Crippen LogP contribution in [0.3, 0.4) is 0 Å². The summed E-state index contributed by atoms with van der Waals surface area (Å²) in [5.41, 5.74) is 1.92. The lowest BCUT2D eigenvalue weighted by atomic mass is 10.0. The Morgan fingerprint density at radius 2 is 1.81 bits per heavy atom. The molecule has 2 heterocycles. The first-order valence-corrected chi connectivity index (χ1v) is 17.6. The van der Waals surface area contributed by atoms with E-state index in [1.165, 1.54) is 10.8 Å². The van der Waals surface area contributed by atoms with Crippen LogP contribution in [0.25, 0.3) is 22.0 Å². The standard InChI is InChI=1S/C30H44N2O4Si/c1-5-30(35-17-18-36-30)16-10-6-7-13-28(33)29-31-27(22-32(29)23-34-19-20-37(2,3)4)26-15-14-24-11-8-9-12-25(24)21-26/h8-9,11-12,14-15,21-22,28,33H,5-7,10,13,16-20,23H2,1-4H3. The molecule has 7 heteroatoms. The quantitative estimate of drug-likeness (QED) is 0.179. The molecule has 0 aliphatic carbocycles. The van der Waals surface area contributed by atoms with E-state index in [-0.39, 0.29) is 0 Å². The highest BCUT2D eigenvalue weighted by atomic mass is 28.3. The largest absolute Gasteiger partial charge is 0.385 e. The molecule has 0 saturated carbocycles. The predicted molar refractivity (Wildman–Crippen MR) is 152 cm³/mol. The van der Waals surface area contributed by atoms with Crippen molar-refractivity contribution in [1.29, 1.82) is 0 Å². The predicted octanol–water partition coefficient (Wildman–Crippen LogP) is 7.15. The molecule has 1 unspecified atom stereocenters. The summed E-state index contributed by atoms with van der Waals surface area (Å²) in [6.45, 7) is 11.7. The van der Waals surface area contributed by atoms with E-state index in [2.05, 4.69) is 69.0 Å². The molecule has 37 heavy (non-hydrogen) atoms. The van der Waals surface area contributed by atoms with Crippen molar-refractivity contribution in [2.24, 2.45) is 0 Å². The van der Waals surface area contributed by atoms with Gasteiger partial charge in [-0.25, -0.2) is 4.98 Å². The Labute approximate surface area is 223 Å². The molecule has 0 amide bonds. The van der Waals surface area contributed by atoms with Gasteiger partial charge in [-0.3, -0.25) is 0 Å². The molecule has 1 aliphatic rings. The van der Waals surface area contributed by atoms with E-state index < -0.39 is 20.0 Å². The summed E-state index contributed by atoms with van der Waals surface area (Å²) in [4.78, 5) is 4.90. The van der Waals surface area contributed by atoms with Crippen LogP contribution in [0.1, 0.15) is 57.4 Å². The summed E-state index contributed by atoms with van der Waals surface area (Å²) in [6, 6.07) is 15.9. The first-order chi connectivity index (χ1) is 17.8. The van der Waals surface area contributed by atoms with Crippen LogP contribution in [-0.4, -0.2) is 48.3 Å². The van der Waals surface area contributed by atoms with Crippen LogP contribution >= 0.6 is 0 Å². The van der Waals surface area contributed by atoms with Gasteiger partial charge in [-0.1, -0.05) is 75.8 Å². The number of benzene rings is 2. The Bertz CT molecular complexity index is 1130. The molecule has 6 nitrogen and oxygen atoms in total. The highest BCUT2D eigenvalue weighted by Crippen LogP contribution is 2.31. The van der Waals surface area contributed by atoms with Crippen molar-refractivity contribution in [3.63, 3.8) is 0 Å². The second-order valence-corrected chi connectivity index (χ2v) is 17.1. The second-order valence-electron chi connectivity index (χ2n) is 11.4. The van der Waals surface area contributed by atoms with E-state index in [1.807, 2.05) is 10.8 Å². The van der Waals surface area contributed by atoms with E-state index in [9.17, 15) is 5.11 Å². The zero-order valence-corrected chi connectivity index (χ0v) is 24.0. The van der Waals surface area contributed by atoms with E-state index in [4.69, 9.17) is 19.2 Å². The van der Waals surface area contributed by atoms with Gasteiger partial charge in [-0.05, 0) is 42.1 Å². The van der Waals surface area contributed by atoms with Gasteiger partial charge in [0.15, 0.2) is 5.79 Å². The topological polar surface area (TPSA) is 65.7 Å². The molecule has 3 aromatic rings. The molecule has 1 saturated heterocycles. The zero-order valence-electron chi connectivity index (χ0n) is 23.0. The highest BCUT2D eigenvalue weighted by Gasteiger charge is 2.33. The summed E-state index contributed by atoms with van der Waals surface area (Å²) in [5.74, 6) is 0.292. The molecule has 1 N–H and O–H groups in total. The smallest absolute Gasteiger partial charge is 0.168 e. The fourth-order valence-corrected chi connectivity index (χ4v) is 5.65. The van der Waals surface area contributed by atoms with Gasteiger partial charge >= 0.3 is 0 Å². The summed E-state index contributed by atoms with van der Waals surface area (Å²) >= 11 is 0. The van der Waals surface area contributed by atoms with Crippen LogP contribution in [0.15, 0.2) is 48.7 Å². The van der Waals surface area contributed by atoms with E-state index in [0.717, 1.165) is 56.0 Å². The minimum atomic E-state index is -1.17. The van der Waals surface area contributed by atoms with Crippen LogP contribution in [0.4, 0.5) is 0 Å². The third kappa shape index (κ3) is 7.74. The van der Waals surface area contributed by atoms with E-state index >= 15 is 0 Å². The molecule has 0 radical (unpaired) electrons. The molecule has 0 spiro atoms. The number of nitrogens with zero attached hydrogens (tertiary/aromatic N) is 2. The molecule has 2 aromatic carbocycles. The molecule has 4 rings (SSSR count). The lowest BCUT2D eigenvalue weighted by Crippen LogP contribution is -2.28. The maximum atomic E-state index is 11.1. The maximum Gasteiger partial charge on any atom is 0.168 e. The SMILES string of the molecule is CCC1(CCCCCC(O)c2nc(-c3ccc4ccccc4c3)cn2COCC[Si](C)(C)C)OCCO1. The van der Waals surface area contributed by atoms with Crippen LogP contribution in [0.2, 0.25) is 25.7 Å². The fourth-order valence-electron chi connectivity index (χ4n) is 4.89. The van der Waals surface area contributed by atoms with E-state index in [0.29, 0.717) is 32.2 Å². The average molecular weight is 525 g/mol. The van der Waals surface area contributed by atoms with Gasteiger partial charge in [-0.2, -0.15) is 0 Å². The van der Waals surface area contributed by atoms with Crippen molar-refractivity contribution in [2.75, 3.05) is 19.8 Å². The number of fused-ring (bicyclic) bond motifs is 1. The molecule has 1 fully saturated rings. The van der Waals surface area contributed by atoms with Gasteiger partial charge in [0.25, 0.3) is 0 Å². The van der Waals surface area contributed by atoms with E-state index in [1.54, 1.807) is 0 Å². The number of rotatable bonds is 14. The van der Waals surface area contributed by atoms with Crippen LogP contribution < -0.4 is 0 Å². The third-order valence-corrected chi connectivity index (χ3v) is 8.97. The summed E-state index contributed by atoms with van der Waals surface area (Å²) < 4.78 is 19.7. The highest BCUT2D eigenvalue weighted by molar-refractivity contribution is 6.76. The molecular formula is C30H44N2O4Si. The van der Waals surface area contributed by atoms with Gasteiger partial charge in [0.05, 0.1) is 18.9 Å². The fraction of sp³-hybridized carbons (Fsp3) is 0.567. The number of imidazole rings is 1. The number of aliphatic hydroxyl groups excluding tert-OH is 1. The molecular weight excluding hydrogens is 480 g/mol. The molecule has 1 aliphatic heterocycles. The third-order valence-electron chi connectivity index (χ3n) is 7.26. The lowest BCUT2D eigenvalue weighted by Gasteiger charge is -2.25. The zero-order chi connectivity index (χ0) is 26.3. The number of hydrogen-bond donors (Lipinski definition) is 1. The van der Waals surface area contributed by atoms with Crippen LogP contribution in [0, 0.1) is 0 Å². The minimum absolute atomic E-state index is 0.392. The molecule has 1 aromatic heterocycles. The number of unbranched alkanes of at least 4 members (excludes halogenated alkanes) is 2. The first kappa shape index (κ1) is 28.0. The van der Waals surface area contributed by atoms with Crippen molar-refractivity contribution in [3.05, 3.63) is 54.5 Å². The van der Waals surface area contributed by atoms with Crippen molar-refractivity contribution in [3.8, 4) is 11.3 Å². The van der Waals surface area contributed by atoms with Gasteiger partial charge in [0.2, 0.25) is 0 Å². The Morgan fingerprint density at radius 3 is 2.54 bits per heavy atom. The van der Waals surface area contributed by atoms with Crippen molar-refractivity contribution in [2.45, 2.75) is 89.8 Å². The van der Waals surface area contributed by atoms with Gasteiger partial charge in [0, 0.05) is 32.9 Å². The Morgan fingerprint density at radius 1 is 1.05 bits per heavy atom. The molecule has 202 valence electrons. The van der Waals surface area contributed by atoms with Gasteiger partial charge < -0.3 is 23.9 Å². The minimum Gasteiger partial charge on any atom is -0.385 e. The normalized spacial score (nSPS) is 16.5. The first-order valence-electron chi connectivity index (χ1n) is 13.9. The van der Waals surface area contributed by atoms with Crippen molar-refractivity contribution in [1.82, 2.24) is 9.55 Å². The Hall–Kier alpha value is -2.03. The monoisotopic (exact) mass is 524 g/mol. The Balaban J connectivity index is 1.41. The molecule has 1 atom stereocenters. The number of ether oxygens (including phenoxy) is 3. The van der Waals surface area contributed by atoms with Crippen LogP contribution in [-0.2, 0) is 20.9 Å². The summed E-state index contributed by atoms with van der Waals surface area (Å²) in [6.07, 6.45) is 6.83. The van der Waals surface area contributed by atoms with Crippen molar-refractivity contribution >= 4 is 18.8 Å². The maximum absolute atomic E-state index is 11.1. The summed E-state index contributed by atoms with van der Waals surface area (Å²) in [7, 11) is -1.17. The summed E-state index contributed by atoms with van der Waals surface area (Å²) in [5, 5.41) is 13.5. The average Bonchev–Trinajstić information content (AvgIpc) is 3.53. The van der Waals surface area contributed by atoms with Gasteiger partial charge in [0.1, 0.15) is 18.7 Å². The Kier molecular flexibility index (Phi) is 9.59. The lowest BCUT2D eigenvalue weighted by molar-refractivity contribution is -0.164. The van der Waals surface area contributed by atoms with Crippen molar-refractivity contribution < 1.29 is 19.3 Å².